The zero-order chi connectivity index (χ0) is 24.6. The molecule has 0 spiro atoms. The van der Waals surface area contributed by atoms with Crippen molar-refractivity contribution >= 4 is 34.5 Å². The Kier molecular flexibility index (Phi) is 6.59. The normalized spacial score (nSPS) is 17.2. The van der Waals surface area contributed by atoms with Crippen molar-refractivity contribution in [2.45, 2.75) is 50.4 Å². The molecule has 2 aliphatic rings. The lowest BCUT2D eigenvalue weighted by Crippen LogP contribution is -2.53. The van der Waals surface area contributed by atoms with Gasteiger partial charge in [-0.1, -0.05) is 30.0 Å². The molecular formula is C25H33N7O2S. The van der Waals surface area contributed by atoms with Gasteiger partial charge in [0, 0.05) is 60.4 Å². The Labute approximate surface area is 209 Å². The number of H-pyrrole nitrogens is 1. The summed E-state index contributed by atoms with van der Waals surface area (Å²) < 4.78 is 2.21. The number of fused-ring (bicyclic) bond motifs is 1. The predicted octanol–water partition coefficient (Wildman–Crippen LogP) is 2.91. The molecule has 5 rings (SSSR count). The van der Waals surface area contributed by atoms with Crippen molar-refractivity contribution < 1.29 is 9.59 Å². The first kappa shape index (κ1) is 23.9. The molecule has 2 amide bonds. The second-order valence-electron chi connectivity index (χ2n) is 10.4. The van der Waals surface area contributed by atoms with Crippen molar-refractivity contribution in [2.75, 3.05) is 38.5 Å². The molecule has 0 atom stereocenters. The number of carbonyl (C=O) groups excluding carboxylic acids is 2. The van der Waals surface area contributed by atoms with E-state index in [1.807, 2.05) is 44.0 Å². The number of nitrogens with zero attached hydrogens (tertiary/aromatic N) is 5. The summed E-state index contributed by atoms with van der Waals surface area (Å²) in [6.07, 6.45) is 4.22. The van der Waals surface area contributed by atoms with Crippen LogP contribution in [0.3, 0.4) is 0 Å². The van der Waals surface area contributed by atoms with Gasteiger partial charge < -0.3 is 15.2 Å². The van der Waals surface area contributed by atoms with Gasteiger partial charge >= 0.3 is 0 Å². The zero-order valence-electron chi connectivity index (χ0n) is 20.6. The number of hydrogen-bond donors (Lipinski definition) is 2. The molecule has 2 fully saturated rings. The standard InChI is InChI=1S/C25H33N7O2S/c1-25(2,3)27-21(33)15-30-10-12-31(13-11-30)22(34)16-35-24-29-28-23(32(24)17-8-9-17)19-14-26-20-7-5-4-6-18(19)20/h4-7,14,17,26H,8-13,15-16H2,1-3H3,(H,27,33). The minimum Gasteiger partial charge on any atom is -0.360 e. The summed E-state index contributed by atoms with van der Waals surface area (Å²) in [7, 11) is 0. The van der Waals surface area contributed by atoms with Gasteiger partial charge in [-0.25, -0.2) is 0 Å². The smallest absolute Gasteiger partial charge is 0.234 e. The Morgan fingerprint density at radius 1 is 1.11 bits per heavy atom. The van der Waals surface area contributed by atoms with E-state index in [0.717, 1.165) is 40.3 Å². The molecule has 1 aromatic carbocycles. The van der Waals surface area contributed by atoms with Gasteiger partial charge in [0.1, 0.15) is 0 Å². The van der Waals surface area contributed by atoms with Crippen molar-refractivity contribution in [1.29, 1.82) is 0 Å². The summed E-state index contributed by atoms with van der Waals surface area (Å²) >= 11 is 1.47. The van der Waals surface area contributed by atoms with Crippen molar-refractivity contribution in [3.8, 4) is 11.4 Å². The van der Waals surface area contributed by atoms with Crippen LogP contribution in [0.2, 0.25) is 0 Å². The van der Waals surface area contributed by atoms with E-state index in [1.54, 1.807) is 0 Å². The third-order valence-corrected chi connectivity index (χ3v) is 7.27. The Balaban J connectivity index is 1.19. The maximum absolute atomic E-state index is 12.9. The lowest BCUT2D eigenvalue weighted by molar-refractivity contribution is -0.130. The number of nitrogens with one attached hydrogen (secondary N) is 2. The highest BCUT2D eigenvalue weighted by Crippen LogP contribution is 2.42. The van der Waals surface area contributed by atoms with Crippen LogP contribution in [0.1, 0.15) is 39.7 Å². The van der Waals surface area contributed by atoms with Crippen LogP contribution in [0.25, 0.3) is 22.3 Å². The number of piperazine rings is 1. The number of amides is 2. The average Bonchev–Trinajstić information content (AvgIpc) is 3.42. The van der Waals surface area contributed by atoms with Gasteiger partial charge in [-0.2, -0.15) is 0 Å². The van der Waals surface area contributed by atoms with E-state index in [4.69, 9.17) is 0 Å². The average molecular weight is 496 g/mol. The highest BCUT2D eigenvalue weighted by molar-refractivity contribution is 7.99. The molecule has 1 aliphatic heterocycles. The van der Waals surface area contributed by atoms with E-state index >= 15 is 0 Å². The molecule has 3 heterocycles. The number of thioether (sulfide) groups is 1. The molecule has 0 unspecified atom stereocenters. The minimum absolute atomic E-state index is 0.0262. The van der Waals surface area contributed by atoms with E-state index in [0.29, 0.717) is 44.5 Å². The van der Waals surface area contributed by atoms with Crippen molar-refractivity contribution in [3.05, 3.63) is 30.5 Å². The predicted molar refractivity (Wildman–Crippen MR) is 137 cm³/mol. The maximum atomic E-state index is 12.9. The van der Waals surface area contributed by atoms with Crippen LogP contribution in [0, 0.1) is 0 Å². The van der Waals surface area contributed by atoms with Gasteiger partial charge in [-0.15, -0.1) is 10.2 Å². The van der Waals surface area contributed by atoms with E-state index in [-0.39, 0.29) is 17.4 Å². The molecule has 1 aliphatic carbocycles. The SMILES string of the molecule is CC(C)(C)NC(=O)CN1CCN(C(=O)CSc2nnc(-c3c[nH]c4ccccc34)n2C2CC2)CC1. The quantitative estimate of drug-likeness (QED) is 0.489. The van der Waals surface area contributed by atoms with Crippen LogP contribution >= 0.6 is 11.8 Å². The van der Waals surface area contributed by atoms with Gasteiger partial charge in [-0.05, 0) is 39.7 Å². The van der Waals surface area contributed by atoms with Gasteiger partial charge in [0.05, 0.1) is 12.3 Å². The number of aromatic nitrogens is 4. The van der Waals surface area contributed by atoms with Crippen molar-refractivity contribution in [3.63, 3.8) is 0 Å². The highest BCUT2D eigenvalue weighted by Gasteiger charge is 2.31. The minimum atomic E-state index is -0.235. The fourth-order valence-corrected chi connectivity index (χ4v) is 5.42. The number of carbonyl (C=O) groups is 2. The molecule has 10 heteroatoms. The van der Waals surface area contributed by atoms with Gasteiger partial charge in [0.25, 0.3) is 0 Å². The zero-order valence-corrected chi connectivity index (χ0v) is 21.4. The molecule has 1 saturated heterocycles. The van der Waals surface area contributed by atoms with E-state index in [9.17, 15) is 9.59 Å². The summed E-state index contributed by atoms with van der Waals surface area (Å²) in [4.78, 5) is 32.5. The molecule has 186 valence electrons. The molecule has 2 aromatic heterocycles. The first-order chi connectivity index (χ1) is 16.8. The van der Waals surface area contributed by atoms with Gasteiger partial charge in [0.2, 0.25) is 11.8 Å². The topological polar surface area (TPSA) is 99.2 Å². The largest absolute Gasteiger partial charge is 0.360 e. The van der Waals surface area contributed by atoms with Gasteiger partial charge in [-0.3, -0.25) is 19.1 Å². The molecule has 35 heavy (non-hydrogen) atoms. The molecule has 0 radical (unpaired) electrons. The van der Waals surface area contributed by atoms with Crippen LogP contribution in [0.5, 0.6) is 0 Å². The molecule has 2 N–H and O–H groups in total. The van der Waals surface area contributed by atoms with E-state index < -0.39 is 0 Å². The number of para-hydroxylation sites is 1. The Bertz CT molecular complexity index is 1220. The summed E-state index contributed by atoms with van der Waals surface area (Å²) in [6.45, 7) is 8.99. The third kappa shape index (κ3) is 5.54. The number of aromatic amines is 1. The van der Waals surface area contributed by atoms with Crippen LogP contribution in [-0.2, 0) is 9.59 Å². The Morgan fingerprint density at radius 3 is 2.57 bits per heavy atom. The summed E-state index contributed by atoms with van der Waals surface area (Å²) in [5.41, 5.74) is 1.89. The molecule has 0 bridgehead atoms. The van der Waals surface area contributed by atoms with Gasteiger partial charge in [0.15, 0.2) is 11.0 Å². The van der Waals surface area contributed by atoms with Crippen molar-refractivity contribution in [1.82, 2.24) is 34.9 Å². The lowest BCUT2D eigenvalue weighted by atomic mass is 10.1. The fraction of sp³-hybridized carbons (Fsp3) is 0.520. The Morgan fingerprint density at radius 2 is 1.86 bits per heavy atom. The van der Waals surface area contributed by atoms with Crippen LogP contribution in [0.15, 0.2) is 35.6 Å². The van der Waals surface area contributed by atoms with Crippen LogP contribution in [-0.4, -0.2) is 85.4 Å². The number of rotatable bonds is 7. The number of hydrogen-bond acceptors (Lipinski definition) is 6. The monoisotopic (exact) mass is 495 g/mol. The van der Waals surface area contributed by atoms with Crippen LogP contribution in [0.4, 0.5) is 0 Å². The third-order valence-electron chi connectivity index (χ3n) is 6.34. The molecule has 3 aromatic rings. The highest BCUT2D eigenvalue weighted by atomic mass is 32.2. The Hall–Kier alpha value is -2.85. The molecular weight excluding hydrogens is 462 g/mol. The summed E-state index contributed by atoms with van der Waals surface area (Å²) in [5.74, 6) is 1.33. The summed E-state index contributed by atoms with van der Waals surface area (Å²) in [5, 5.41) is 13.9. The molecule has 1 saturated carbocycles. The summed E-state index contributed by atoms with van der Waals surface area (Å²) in [6, 6.07) is 8.59. The number of benzene rings is 1. The lowest BCUT2D eigenvalue weighted by Gasteiger charge is -2.34. The molecule has 9 nitrogen and oxygen atoms in total. The fourth-order valence-electron chi connectivity index (χ4n) is 4.51. The first-order valence-corrected chi connectivity index (χ1v) is 13.2. The van der Waals surface area contributed by atoms with E-state index in [2.05, 4.69) is 42.1 Å². The second kappa shape index (κ2) is 9.66. The van der Waals surface area contributed by atoms with Crippen molar-refractivity contribution in [2.24, 2.45) is 0 Å². The second-order valence-corrected chi connectivity index (χ2v) is 11.3. The maximum Gasteiger partial charge on any atom is 0.234 e. The van der Waals surface area contributed by atoms with Crippen LogP contribution < -0.4 is 5.32 Å². The first-order valence-electron chi connectivity index (χ1n) is 12.2. The van der Waals surface area contributed by atoms with E-state index in [1.165, 1.54) is 11.8 Å².